The van der Waals surface area contributed by atoms with Gasteiger partial charge in [0.05, 0.1) is 0 Å². The minimum atomic E-state index is 0.987. The summed E-state index contributed by atoms with van der Waals surface area (Å²) in [6.07, 6.45) is 14.4. The van der Waals surface area contributed by atoms with Gasteiger partial charge in [-0.3, -0.25) is 0 Å². The Labute approximate surface area is 133 Å². The van der Waals surface area contributed by atoms with Gasteiger partial charge in [-0.05, 0) is 42.4 Å². The number of unbranched alkanes of at least 4 members (excludes halogenated alkanes) is 2. The zero-order valence-electron chi connectivity index (χ0n) is 12.9. The van der Waals surface area contributed by atoms with Crippen molar-refractivity contribution in [3.63, 3.8) is 0 Å². The van der Waals surface area contributed by atoms with Crippen LogP contribution in [0.25, 0.3) is 0 Å². The first kappa shape index (κ1) is 16.1. The van der Waals surface area contributed by atoms with Crippen molar-refractivity contribution in [3.05, 3.63) is 34.3 Å². The Kier molecular flexibility index (Phi) is 7.13. The molecule has 0 atom stereocenters. The van der Waals surface area contributed by atoms with E-state index < -0.39 is 0 Å². The van der Waals surface area contributed by atoms with Gasteiger partial charge >= 0.3 is 0 Å². The Bertz CT molecular complexity index is 360. The van der Waals surface area contributed by atoms with Gasteiger partial charge in [0.25, 0.3) is 0 Å². The van der Waals surface area contributed by atoms with Crippen molar-refractivity contribution >= 4 is 15.9 Å². The molecule has 0 saturated heterocycles. The van der Waals surface area contributed by atoms with Crippen molar-refractivity contribution in [1.29, 1.82) is 0 Å². The maximum absolute atomic E-state index is 3.51. The molecule has 1 aliphatic carbocycles. The molecule has 20 heavy (non-hydrogen) atoms. The standard InChI is InChI=1S/C19H29Br/c1-2-3-4-5-16-6-8-17(9-7-16)10-11-18-12-14-19(20)15-13-18/h12-17H,2-11H2,1H3. The molecule has 0 amide bonds. The molecule has 0 N–H and O–H groups in total. The molecule has 1 aromatic carbocycles. The Morgan fingerprint density at radius 3 is 2.10 bits per heavy atom. The van der Waals surface area contributed by atoms with Gasteiger partial charge < -0.3 is 0 Å². The SMILES string of the molecule is CCCCCC1CCC(CCc2ccc(Br)cc2)CC1. The van der Waals surface area contributed by atoms with Crippen LogP contribution >= 0.6 is 15.9 Å². The quantitative estimate of drug-likeness (QED) is 0.482. The molecule has 1 fully saturated rings. The van der Waals surface area contributed by atoms with E-state index in [1.807, 2.05) is 0 Å². The molecule has 0 heterocycles. The predicted molar refractivity (Wildman–Crippen MR) is 92.1 cm³/mol. The molecular formula is C19H29Br. The van der Waals surface area contributed by atoms with Gasteiger partial charge in [-0.25, -0.2) is 0 Å². The lowest BCUT2D eigenvalue weighted by molar-refractivity contribution is 0.249. The van der Waals surface area contributed by atoms with Gasteiger partial charge in [-0.2, -0.15) is 0 Å². The van der Waals surface area contributed by atoms with Crippen molar-refractivity contribution in [1.82, 2.24) is 0 Å². The summed E-state index contributed by atoms with van der Waals surface area (Å²) in [5, 5.41) is 0. The second-order valence-electron chi connectivity index (χ2n) is 6.55. The third-order valence-corrected chi connectivity index (χ3v) is 5.47. The Morgan fingerprint density at radius 2 is 1.50 bits per heavy atom. The van der Waals surface area contributed by atoms with Crippen LogP contribution in [0.15, 0.2) is 28.7 Å². The molecule has 0 aliphatic heterocycles. The molecule has 0 unspecified atom stereocenters. The van der Waals surface area contributed by atoms with E-state index in [0.717, 1.165) is 11.8 Å². The summed E-state index contributed by atoms with van der Waals surface area (Å²) in [7, 11) is 0. The van der Waals surface area contributed by atoms with E-state index in [4.69, 9.17) is 0 Å². The number of hydrogen-bond donors (Lipinski definition) is 0. The summed E-state index contributed by atoms with van der Waals surface area (Å²) in [5.41, 5.74) is 1.50. The van der Waals surface area contributed by atoms with Crippen LogP contribution in [0, 0.1) is 11.8 Å². The molecule has 0 nitrogen and oxygen atoms in total. The van der Waals surface area contributed by atoms with Crippen LogP contribution in [-0.2, 0) is 6.42 Å². The second kappa shape index (κ2) is 8.87. The van der Waals surface area contributed by atoms with Crippen molar-refractivity contribution < 1.29 is 0 Å². The van der Waals surface area contributed by atoms with Gasteiger partial charge in [0.15, 0.2) is 0 Å². The third-order valence-electron chi connectivity index (χ3n) is 4.94. The highest BCUT2D eigenvalue weighted by molar-refractivity contribution is 9.10. The van der Waals surface area contributed by atoms with Crippen LogP contribution in [0.2, 0.25) is 0 Å². The third kappa shape index (κ3) is 5.60. The molecule has 0 bridgehead atoms. The van der Waals surface area contributed by atoms with Gasteiger partial charge in [0.2, 0.25) is 0 Å². The number of aryl methyl sites for hydroxylation is 1. The average molecular weight is 337 g/mol. The summed E-state index contributed by atoms with van der Waals surface area (Å²) in [6, 6.07) is 8.86. The number of rotatable bonds is 7. The normalized spacial score (nSPS) is 22.9. The van der Waals surface area contributed by atoms with E-state index in [-0.39, 0.29) is 0 Å². The predicted octanol–water partition coefficient (Wildman–Crippen LogP) is 6.77. The van der Waals surface area contributed by atoms with E-state index in [1.165, 1.54) is 74.2 Å². The number of hydrogen-bond acceptors (Lipinski definition) is 0. The fraction of sp³-hybridized carbons (Fsp3) is 0.684. The maximum atomic E-state index is 3.51. The Balaban J connectivity index is 1.63. The summed E-state index contributed by atoms with van der Waals surface area (Å²) in [5.74, 6) is 2.03. The number of halogens is 1. The monoisotopic (exact) mass is 336 g/mol. The molecule has 0 radical (unpaired) electrons. The van der Waals surface area contributed by atoms with E-state index in [9.17, 15) is 0 Å². The van der Waals surface area contributed by atoms with Gasteiger partial charge in [-0.15, -0.1) is 0 Å². The largest absolute Gasteiger partial charge is 0.0654 e. The van der Waals surface area contributed by atoms with Crippen molar-refractivity contribution in [2.75, 3.05) is 0 Å². The molecule has 0 aromatic heterocycles. The maximum Gasteiger partial charge on any atom is 0.0175 e. The fourth-order valence-electron chi connectivity index (χ4n) is 3.51. The summed E-state index contributed by atoms with van der Waals surface area (Å²) >= 11 is 3.51. The zero-order chi connectivity index (χ0) is 14.2. The molecule has 1 heteroatoms. The van der Waals surface area contributed by atoms with E-state index in [2.05, 4.69) is 47.1 Å². The lowest BCUT2D eigenvalue weighted by atomic mass is 9.78. The minimum Gasteiger partial charge on any atom is -0.0654 e. The van der Waals surface area contributed by atoms with Crippen molar-refractivity contribution in [2.45, 2.75) is 71.1 Å². The summed E-state index contributed by atoms with van der Waals surface area (Å²) in [4.78, 5) is 0. The van der Waals surface area contributed by atoms with Gasteiger partial charge in [-0.1, -0.05) is 86.4 Å². The van der Waals surface area contributed by atoms with Crippen LogP contribution in [-0.4, -0.2) is 0 Å². The van der Waals surface area contributed by atoms with Gasteiger partial charge in [0, 0.05) is 4.47 Å². The topological polar surface area (TPSA) is 0 Å². The first-order valence-corrected chi connectivity index (χ1v) is 9.31. The second-order valence-corrected chi connectivity index (χ2v) is 7.46. The molecule has 112 valence electrons. The van der Waals surface area contributed by atoms with Crippen LogP contribution in [0.3, 0.4) is 0 Å². The molecule has 1 saturated carbocycles. The molecule has 1 aliphatic rings. The van der Waals surface area contributed by atoms with Crippen LogP contribution in [0.4, 0.5) is 0 Å². The molecule has 1 aromatic rings. The van der Waals surface area contributed by atoms with Gasteiger partial charge in [0.1, 0.15) is 0 Å². The van der Waals surface area contributed by atoms with Crippen LogP contribution in [0.1, 0.15) is 70.3 Å². The smallest absolute Gasteiger partial charge is 0.0175 e. The minimum absolute atomic E-state index is 0.987. The van der Waals surface area contributed by atoms with Crippen molar-refractivity contribution in [3.8, 4) is 0 Å². The first-order valence-electron chi connectivity index (χ1n) is 8.52. The first-order chi connectivity index (χ1) is 9.78. The van der Waals surface area contributed by atoms with Crippen LogP contribution < -0.4 is 0 Å². The average Bonchev–Trinajstić information content (AvgIpc) is 2.48. The van der Waals surface area contributed by atoms with E-state index in [0.29, 0.717) is 0 Å². The van der Waals surface area contributed by atoms with E-state index >= 15 is 0 Å². The lowest BCUT2D eigenvalue weighted by Gasteiger charge is -2.28. The Hall–Kier alpha value is -0.300. The Morgan fingerprint density at radius 1 is 0.900 bits per heavy atom. The molecular weight excluding hydrogens is 308 g/mol. The highest BCUT2D eigenvalue weighted by atomic mass is 79.9. The highest BCUT2D eigenvalue weighted by Crippen LogP contribution is 2.34. The zero-order valence-corrected chi connectivity index (χ0v) is 14.5. The van der Waals surface area contributed by atoms with Crippen LogP contribution in [0.5, 0.6) is 0 Å². The summed E-state index contributed by atoms with van der Waals surface area (Å²) in [6.45, 7) is 2.30. The fourth-order valence-corrected chi connectivity index (χ4v) is 3.78. The number of benzene rings is 1. The lowest BCUT2D eigenvalue weighted by Crippen LogP contribution is -2.15. The highest BCUT2D eigenvalue weighted by Gasteiger charge is 2.20. The van der Waals surface area contributed by atoms with E-state index in [1.54, 1.807) is 0 Å². The molecule has 0 spiro atoms. The van der Waals surface area contributed by atoms with Crippen molar-refractivity contribution in [2.24, 2.45) is 11.8 Å². The molecule has 2 rings (SSSR count). The summed E-state index contributed by atoms with van der Waals surface area (Å²) < 4.78 is 1.19.